The molecule has 1 aliphatic carbocycles. The van der Waals surface area contributed by atoms with E-state index in [1.807, 2.05) is 6.92 Å². The number of benzene rings is 1. The lowest BCUT2D eigenvalue weighted by atomic mass is 9.85. The lowest BCUT2D eigenvalue weighted by Gasteiger charge is -2.33. The molecule has 2 aliphatic rings. The molecule has 0 N–H and O–H groups in total. The van der Waals surface area contributed by atoms with Crippen molar-refractivity contribution in [3.05, 3.63) is 34.4 Å². The molecule has 160 valence electrons. The maximum atomic E-state index is 13.5. The molecule has 5 heteroatoms. The highest BCUT2D eigenvalue weighted by molar-refractivity contribution is 8.00. The number of ether oxygens (including phenoxy) is 2. The second kappa shape index (κ2) is 9.65. The van der Waals surface area contributed by atoms with Crippen LogP contribution in [0.2, 0.25) is 0 Å². The van der Waals surface area contributed by atoms with Crippen LogP contribution in [0.3, 0.4) is 0 Å². The highest BCUT2D eigenvalue weighted by Crippen LogP contribution is 2.51. The first kappa shape index (κ1) is 22.4. The lowest BCUT2D eigenvalue weighted by molar-refractivity contribution is -0.151. The zero-order valence-corrected chi connectivity index (χ0v) is 19.0. The van der Waals surface area contributed by atoms with Gasteiger partial charge in [0.2, 0.25) is 0 Å². The van der Waals surface area contributed by atoms with E-state index in [1.165, 1.54) is 16.7 Å². The molecule has 4 nitrogen and oxygen atoms in total. The van der Waals surface area contributed by atoms with Crippen molar-refractivity contribution in [3.8, 4) is 0 Å². The SMILES string of the molecule is CCOC(=O)[C@@H]1CC2(C[C@H]1C(=O)Cc1c(CC)cc(C)cc1CC)OCCCS2. The fraction of sp³-hybridized carbons (Fsp3) is 0.667. The monoisotopic (exact) mass is 418 g/mol. The largest absolute Gasteiger partial charge is 0.466 e. The van der Waals surface area contributed by atoms with Gasteiger partial charge in [-0.1, -0.05) is 31.5 Å². The Bertz CT molecular complexity index is 726. The van der Waals surface area contributed by atoms with Gasteiger partial charge in [-0.2, -0.15) is 0 Å². The first-order chi connectivity index (χ1) is 13.9. The summed E-state index contributed by atoms with van der Waals surface area (Å²) >= 11 is 1.77. The van der Waals surface area contributed by atoms with Gasteiger partial charge in [-0.15, -0.1) is 11.8 Å². The van der Waals surface area contributed by atoms with Gasteiger partial charge in [0.05, 0.1) is 12.5 Å². The van der Waals surface area contributed by atoms with E-state index in [9.17, 15) is 9.59 Å². The summed E-state index contributed by atoms with van der Waals surface area (Å²) in [7, 11) is 0. The van der Waals surface area contributed by atoms with Crippen molar-refractivity contribution >= 4 is 23.5 Å². The number of hydrogen-bond donors (Lipinski definition) is 0. The predicted octanol–water partition coefficient (Wildman–Crippen LogP) is 4.67. The summed E-state index contributed by atoms with van der Waals surface area (Å²) in [4.78, 5) is 25.8. The highest BCUT2D eigenvalue weighted by atomic mass is 32.2. The number of carbonyl (C=O) groups is 2. The molecule has 1 unspecified atom stereocenters. The zero-order chi connectivity index (χ0) is 21.0. The van der Waals surface area contributed by atoms with Crippen LogP contribution in [0.25, 0.3) is 0 Å². The van der Waals surface area contributed by atoms with E-state index < -0.39 is 10.9 Å². The number of hydrogen-bond acceptors (Lipinski definition) is 5. The summed E-state index contributed by atoms with van der Waals surface area (Å²) in [6.45, 7) is 9.26. The maximum absolute atomic E-state index is 13.5. The van der Waals surface area contributed by atoms with Crippen LogP contribution in [-0.2, 0) is 38.3 Å². The Labute approximate surface area is 179 Å². The van der Waals surface area contributed by atoms with Crippen molar-refractivity contribution in [2.75, 3.05) is 19.0 Å². The number of aryl methyl sites for hydroxylation is 3. The van der Waals surface area contributed by atoms with Crippen LogP contribution in [0.4, 0.5) is 0 Å². The summed E-state index contributed by atoms with van der Waals surface area (Å²) in [5, 5.41) is 0. The predicted molar refractivity (Wildman–Crippen MR) is 117 cm³/mol. The number of esters is 1. The molecule has 3 rings (SSSR count). The quantitative estimate of drug-likeness (QED) is 0.602. The molecule has 3 atom stereocenters. The van der Waals surface area contributed by atoms with Crippen LogP contribution < -0.4 is 0 Å². The Hall–Kier alpha value is -1.33. The summed E-state index contributed by atoms with van der Waals surface area (Å²) < 4.78 is 11.5. The Morgan fingerprint density at radius 1 is 1.14 bits per heavy atom. The summed E-state index contributed by atoms with van der Waals surface area (Å²) in [5.74, 6) is 0.216. The minimum Gasteiger partial charge on any atom is -0.466 e. The van der Waals surface area contributed by atoms with Crippen molar-refractivity contribution in [2.24, 2.45) is 11.8 Å². The lowest BCUT2D eigenvalue weighted by Crippen LogP contribution is -2.31. The molecule has 0 amide bonds. The second-order valence-electron chi connectivity index (χ2n) is 8.25. The van der Waals surface area contributed by atoms with Crippen molar-refractivity contribution in [1.29, 1.82) is 0 Å². The van der Waals surface area contributed by atoms with E-state index in [1.54, 1.807) is 11.8 Å². The van der Waals surface area contributed by atoms with Gasteiger partial charge in [0.25, 0.3) is 0 Å². The van der Waals surface area contributed by atoms with Gasteiger partial charge in [0, 0.05) is 18.9 Å². The molecule has 1 saturated carbocycles. The molecular formula is C24H34O4S. The van der Waals surface area contributed by atoms with Crippen LogP contribution in [0.15, 0.2) is 12.1 Å². The molecule has 1 saturated heterocycles. The number of thioether (sulfide) groups is 1. The third kappa shape index (κ3) is 4.88. The van der Waals surface area contributed by atoms with Crippen LogP contribution in [-0.4, -0.2) is 35.7 Å². The van der Waals surface area contributed by atoms with Crippen molar-refractivity contribution in [1.82, 2.24) is 0 Å². The number of ketones is 1. The van der Waals surface area contributed by atoms with Crippen molar-refractivity contribution in [2.45, 2.75) is 71.2 Å². The average Bonchev–Trinajstić information content (AvgIpc) is 3.08. The second-order valence-corrected chi connectivity index (χ2v) is 9.69. The fourth-order valence-corrected chi connectivity index (χ4v) is 6.26. The van der Waals surface area contributed by atoms with Crippen LogP contribution >= 0.6 is 11.8 Å². The van der Waals surface area contributed by atoms with E-state index in [-0.39, 0.29) is 17.7 Å². The standard InChI is InChI=1S/C24H34O4S/c1-5-17-11-16(4)12-18(6-2)19(17)13-22(25)20-14-24(28-9-8-10-29-24)15-21(20)23(26)27-7-3/h11-12,20-21H,5-10,13-15H2,1-4H3/t20-,21-,24?/m1/s1. The summed E-state index contributed by atoms with van der Waals surface area (Å²) in [6.07, 6.45) is 4.45. The van der Waals surface area contributed by atoms with Crippen LogP contribution in [0.1, 0.15) is 62.3 Å². The smallest absolute Gasteiger partial charge is 0.309 e. The maximum Gasteiger partial charge on any atom is 0.309 e. The van der Waals surface area contributed by atoms with Gasteiger partial charge in [0.1, 0.15) is 10.7 Å². The molecule has 0 bridgehead atoms. The van der Waals surface area contributed by atoms with E-state index in [4.69, 9.17) is 9.47 Å². The van der Waals surface area contributed by atoms with E-state index in [0.29, 0.717) is 32.5 Å². The van der Waals surface area contributed by atoms with Gasteiger partial charge >= 0.3 is 5.97 Å². The summed E-state index contributed by atoms with van der Waals surface area (Å²) in [6, 6.07) is 4.39. The zero-order valence-electron chi connectivity index (χ0n) is 18.2. The molecule has 1 aromatic rings. The molecule has 0 radical (unpaired) electrons. The average molecular weight is 419 g/mol. The molecule has 1 spiro atoms. The topological polar surface area (TPSA) is 52.6 Å². The van der Waals surface area contributed by atoms with Crippen LogP contribution in [0, 0.1) is 18.8 Å². The van der Waals surface area contributed by atoms with Gasteiger partial charge in [-0.3, -0.25) is 9.59 Å². The van der Waals surface area contributed by atoms with E-state index >= 15 is 0 Å². The minimum absolute atomic E-state index is 0.156. The van der Waals surface area contributed by atoms with E-state index in [0.717, 1.165) is 30.6 Å². The third-order valence-electron chi connectivity index (χ3n) is 6.26. The molecule has 0 aromatic heterocycles. The molecule has 1 heterocycles. The van der Waals surface area contributed by atoms with Crippen molar-refractivity contribution < 1.29 is 19.1 Å². The third-order valence-corrected chi connectivity index (χ3v) is 7.73. The minimum atomic E-state index is -0.398. The van der Waals surface area contributed by atoms with E-state index in [2.05, 4.69) is 32.9 Å². The Balaban J connectivity index is 1.87. The first-order valence-corrected chi connectivity index (χ1v) is 12.0. The molecule has 1 aromatic carbocycles. The van der Waals surface area contributed by atoms with Gasteiger partial charge in [0.15, 0.2) is 0 Å². The van der Waals surface area contributed by atoms with Gasteiger partial charge in [-0.05, 0) is 68.4 Å². The Morgan fingerprint density at radius 3 is 2.34 bits per heavy atom. The molecule has 29 heavy (non-hydrogen) atoms. The number of rotatable bonds is 7. The first-order valence-electron chi connectivity index (χ1n) is 11.0. The number of carbonyl (C=O) groups excluding carboxylic acids is 2. The van der Waals surface area contributed by atoms with Gasteiger partial charge < -0.3 is 9.47 Å². The highest BCUT2D eigenvalue weighted by Gasteiger charge is 2.53. The summed E-state index contributed by atoms with van der Waals surface area (Å²) in [5.41, 5.74) is 4.90. The normalized spacial score (nSPS) is 26.6. The Morgan fingerprint density at radius 2 is 1.79 bits per heavy atom. The Kier molecular flexibility index (Phi) is 7.44. The number of Topliss-reactive ketones (excluding diaryl/α,β-unsaturated/α-hetero) is 1. The van der Waals surface area contributed by atoms with Crippen molar-refractivity contribution in [3.63, 3.8) is 0 Å². The molecule has 2 fully saturated rings. The molecule has 1 aliphatic heterocycles. The fourth-order valence-electron chi connectivity index (χ4n) is 4.86. The van der Waals surface area contributed by atoms with Crippen LogP contribution in [0.5, 0.6) is 0 Å². The van der Waals surface area contributed by atoms with Gasteiger partial charge in [-0.25, -0.2) is 0 Å². The molecular weight excluding hydrogens is 384 g/mol.